The zero-order valence-electron chi connectivity index (χ0n) is 12.8. The second-order valence-corrected chi connectivity index (χ2v) is 5.77. The maximum Gasteiger partial charge on any atom is 0.296 e. The van der Waals surface area contributed by atoms with Gasteiger partial charge in [-0.25, -0.2) is 0 Å². The van der Waals surface area contributed by atoms with Crippen LogP contribution in [0.1, 0.15) is 16.1 Å². The van der Waals surface area contributed by atoms with Gasteiger partial charge in [0.05, 0.1) is 5.56 Å². The number of carbonyl (C=O) groups is 2. The van der Waals surface area contributed by atoms with Crippen molar-refractivity contribution in [1.82, 2.24) is 4.57 Å². The third-order valence-corrected chi connectivity index (χ3v) is 4.15. The normalized spacial score (nSPS) is 10.7. The maximum atomic E-state index is 12.6. The molecule has 3 rings (SSSR count). The molecule has 0 atom stereocenters. The molecule has 0 aliphatic carbocycles. The van der Waals surface area contributed by atoms with Crippen LogP contribution in [0.4, 0.5) is 5.69 Å². The van der Waals surface area contributed by atoms with E-state index in [1.54, 1.807) is 24.3 Å². The van der Waals surface area contributed by atoms with Crippen molar-refractivity contribution in [1.29, 1.82) is 0 Å². The minimum Gasteiger partial charge on any atom is -0.347 e. The Kier molecular flexibility index (Phi) is 3.92. The third-order valence-electron chi connectivity index (χ3n) is 3.92. The molecule has 1 aromatic heterocycles. The summed E-state index contributed by atoms with van der Waals surface area (Å²) in [4.78, 5) is 24.9. The molecule has 3 aromatic rings. The van der Waals surface area contributed by atoms with Crippen molar-refractivity contribution in [3.63, 3.8) is 0 Å². The van der Waals surface area contributed by atoms with Crippen LogP contribution in [0.2, 0.25) is 5.02 Å². The number of aryl methyl sites for hydroxylation is 1. The molecule has 0 saturated carbocycles. The smallest absolute Gasteiger partial charge is 0.296 e. The number of benzene rings is 2. The van der Waals surface area contributed by atoms with Crippen LogP contribution in [-0.2, 0) is 11.8 Å². The SMILES string of the molecule is Cc1c(C(=O)C(=O)Nc2cccc(Cl)c2)c2ccccc2n1C. The monoisotopic (exact) mass is 326 g/mol. The summed E-state index contributed by atoms with van der Waals surface area (Å²) < 4.78 is 1.91. The van der Waals surface area contributed by atoms with Crippen LogP contribution < -0.4 is 5.32 Å². The average molecular weight is 327 g/mol. The molecule has 1 heterocycles. The fourth-order valence-corrected chi connectivity index (χ4v) is 2.87. The lowest BCUT2D eigenvalue weighted by Gasteiger charge is -2.05. The highest BCUT2D eigenvalue weighted by Crippen LogP contribution is 2.25. The number of anilines is 1. The maximum absolute atomic E-state index is 12.6. The summed E-state index contributed by atoms with van der Waals surface area (Å²) in [5.41, 5.74) is 2.61. The van der Waals surface area contributed by atoms with Crippen LogP contribution in [0, 0.1) is 6.92 Å². The molecule has 1 amide bonds. The van der Waals surface area contributed by atoms with E-state index in [0.717, 1.165) is 16.6 Å². The summed E-state index contributed by atoms with van der Waals surface area (Å²) in [5, 5.41) is 3.87. The molecule has 0 aliphatic rings. The zero-order valence-corrected chi connectivity index (χ0v) is 13.5. The molecule has 23 heavy (non-hydrogen) atoms. The fourth-order valence-electron chi connectivity index (χ4n) is 2.68. The van der Waals surface area contributed by atoms with E-state index in [9.17, 15) is 9.59 Å². The Labute approximate surface area is 138 Å². The summed E-state index contributed by atoms with van der Waals surface area (Å²) in [5.74, 6) is -1.23. The van der Waals surface area contributed by atoms with Crippen molar-refractivity contribution in [3.05, 3.63) is 64.8 Å². The van der Waals surface area contributed by atoms with E-state index in [1.165, 1.54) is 0 Å². The second-order valence-electron chi connectivity index (χ2n) is 5.33. The molecule has 0 fully saturated rings. The predicted octanol–water partition coefficient (Wildman–Crippen LogP) is 3.96. The van der Waals surface area contributed by atoms with Gasteiger partial charge in [0.15, 0.2) is 0 Å². The standard InChI is InChI=1S/C18H15ClN2O2/c1-11-16(14-8-3-4-9-15(14)21(11)2)17(22)18(23)20-13-7-5-6-12(19)10-13/h3-10H,1-2H3,(H,20,23). The molecule has 5 heteroatoms. The number of hydrogen-bond donors (Lipinski definition) is 1. The van der Waals surface area contributed by atoms with E-state index in [0.29, 0.717) is 16.3 Å². The number of Topliss-reactive ketones (excluding diaryl/α,β-unsaturated/α-hetero) is 1. The highest BCUT2D eigenvalue weighted by atomic mass is 35.5. The Morgan fingerprint density at radius 2 is 1.83 bits per heavy atom. The summed E-state index contributed by atoms with van der Waals surface area (Å²) in [7, 11) is 1.88. The van der Waals surface area contributed by atoms with E-state index >= 15 is 0 Å². The lowest BCUT2D eigenvalue weighted by atomic mass is 10.1. The molecule has 0 bridgehead atoms. The van der Waals surface area contributed by atoms with E-state index in [2.05, 4.69) is 5.32 Å². The van der Waals surface area contributed by atoms with Crippen molar-refractivity contribution in [2.24, 2.45) is 7.05 Å². The van der Waals surface area contributed by atoms with Gasteiger partial charge in [0, 0.05) is 34.4 Å². The van der Waals surface area contributed by atoms with Gasteiger partial charge in [-0.2, -0.15) is 0 Å². The number of aromatic nitrogens is 1. The third kappa shape index (κ3) is 2.73. The Balaban J connectivity index is 1.97. The van der Waals surface area contributed by atoms with Crippen LogP contribution in [0.15, 0.2) is 48.5 Å². The van der Waals surface area contributed by atoms with Crippen molar-refractivity contribution < 1.29 is 9.59 Å². The summed E-state index contributed by atoms with van der Waals surface area (Å²) in [6.45, 7) is 1.83. The molecular formula is C18H15ClN2O2. The predicted molar refractivity (Wildman–Crippen MR) is 92.1 cm³/mol. The molecule has 0 aliphatic heterocycles. The Bertz CT molecular complexity index is 928. The average Bonchev–Trinajstić information content (AvgIpc) is 2.79. The Hall–Kier alpha value is -2.59. The minimum atomic E-state index is -0.674. The molecule has 0 saturated heterocycles. The number of rotatable bonds is 3. The van der Waals surface area contributed by atoms with E-state index in [4.69, 9.17) is 11.6 Å². The van der Waals surface area contributed by atoms with Crippen LogP contribution in [-0.4, -0.2) is 16.3 Å². The molecule has 1 N–H and O–H groups in total. The molecule has 0 unspecified atom stereocenters. The number of hydrogen-bond acceptors (Lipinski definition) is 2. The van der Waals surface area contributed by atoms with Crippen LogP contribution in [0.25, 0.3) is 10.9 Å². The van der Waals surface area contributed by atoms with Crippen molar-refractivity contribution in [3.8, 4) is 0 Å². The number of carbonyl (C=O) groups excluding carboxylic acids is 2. The van der Waals surface area contributed by atoms with Gasteiger partial charge in [0.2, 0.25) is 0 Å². The van der Waals surface area contributed by atoms with Gasteiger partial charge in [0.1, 0.15) is 0 Å². The Morgan fingerprint density at radius 3 is 2.57 bits per heavy atom. The van der Waals surface area contributed by atoms with Crippen LogP contribution in [0.5, 0.6) is 0 Å². The molecule has 4 nitrogen and oxygen atoms in total. The second kappa shape index (κ2) is 5.89. The van der Waals surface area contributed by atoms with Gasteiger partial charge in [0.25, 0.3) is 11.7 Å². The fraction of sp³-hybridized carbons (Fsp3) is 0.111. The highest BCUT2D eigenvalue weighted by Gasteiger charge is 2.24. The van der Waals surface area contributed by atoms with E-state index in [-0.39, 0.29) is 0 Å². The van der Waals surface area contributed by atoms with Gasteiger partial charge in [-0.15, -0.1) is 0 Å². The zero-order chi connectivity index (χ0) is 16.6. The van der Waals surface area contributed by atoms with Gasteiger partial charge < -0.3 is 9.88 Å². The summed E-state index contributed by atoms with van der Waals surface area (Å²) >= 11 is 5.89. The van der Waals surface area contributed by atoms with Gasteiger partial charge in [-0.1, -0.05) is 35.9 Å². The number of nitrogens with zero attached hydrogens (tertiary/aromatic N) is 1. The Morgan fingerprint density at radius 1 is 1.09 bits per heavy atom. The first-order valence-electron chi connectivity index (χ1n) is 7.14. The van der Waals surface area contributed by atoms with Gasteiger partial charge >= 0.3 is 0 Å². The van der Waals surface area contributed by atoms with Crippen molar-refractivity contribution in [2.45, 2.75) is 6.92 Å². The first-order valence-corrected chi connectivity index (χ1v) is 7.52. The molecule has 116 valence electrons. The van der Waals surface area contributed by atoms with E-state index in [1.807, 2.05) is 42.8 Å². The van der Waals surface area contributed by atoms with Gasteiger partial charge in [-0.05, 0) is 31.2 Å². The highest BCUT2D eigenvalue weighted by molar-refractivity contribution is 6.48. The topological polar surface area (TPSA) is 51.1 Å². The van der Waals surface area contributed by atoms with Crippen LogP contribution >= 0.6 is 11.6 Å². The lowest BCUT2D eigenvalue weighted by Crippen LogP contribution is -2.23. The molecule has 0 spiro atoms. The minimum absolute atomic E-state index is 0.433. The number of fused-ring (bicyclic) bond motifs is 1. The molecule has 0 radical (unpaired) electrons. The van der Waals surface area contributed by atoms with Crippen LogP contribution in [0.3, 0.4) is 0 Å². The number of halogens is 1. The molecule has 2 aromatic carbocycles. The van der Waals surface area contributed by atoms with E-state index < -0.39 is 11.7 Å². The molecular weight excluding hydrogens is 312 g/mol. The number of ketones is 1. The number of nitrogens with one attached hydrogen (secondary N) is 1. The van der Waals surface area contributed by atoms with Gasteiger partial charge in [-0.3, -0.25) is 9.59 Å². The largest absolute Gasteiger partial charge is 0.347 e. The summed E-state index contributed by atoms with van der Waals surface area (Å²) in [6, 6.07) is 14.2. The first-order chi connectivity index (χ1) is 11.0. The van der Waals surface area contributed by atoms with Crippen molar-refractivity contribution >= 4 is 39.9 Å². The lowest BCUT2D eigenvalue weighted by molar-refractivity contribution is -0.112. The summed E-state index contributed by atoms with van der Waals surface area (Å²) in [6.07, 6.45) is 0. The quantitative estimate of drug-likeness (QED) is 0.585. The number of para-hydroxylation sites is 1. The van der Waals surface area contributed by atoms with Crippen molar-refractivity contribution in [2.75, 3.05) is 5.32 Å². The first kappa shape index (κ1) is 15.3. The number of amides is 1.